The topological polar surface area (TPSA) is 42.5 Å². The highest BCUT2D eigenvalue weighted by Gasteiger charge is 2.05. The largest absolute Gasteiger partial charge is 0.432 e. The number of hydrogen-bond acceptors (Lipinski definition) is 4. The van der Waals surface area contributed by atoms with Crippen LogP contribution in [-0.4, -0.2) is 23.4 Å². The summed E-state index contributed by atoms with van der Waals surface area (Å²) in [7, 11) is 0. The fourth-order valence-electron chi connectivity index (χ4n) is 3.05. The first-order valence-electron chi connectivity index (χ1n) is 10.8. The fraction of sp³-hybridized carbons (Fsp3) is 0.231. The van der Waals surface area contributed by atoms with Crippen LogP contribution in [0.3, 0.4) is 0 Å². The summed E-state index contributed by atoms with van der Waals surface area (Å²) in [5.41, 5.74) is 4.48. The van der Waals surface area contributed by atoms with Gasteiger partial charge in [0, 0.05) is 13.1 Å². The molecule has 6 heteroatoms. The number of nitrogens with one attached hydrogen (secondary N) is 2. The Balaban J connectivity index is 1.67. The van der Waals surface area contributed by atoms with Crippen LogP contribution < -0.4 is 20.1 Å². The summed E-state index contributed by atoms with van der Waals surface area (Å²) >= 11 is 10.4. The lowest BCUT2D eigenvalue weighted by Gasteiger charge is -2.11. The highest BCUT2D eigenvalue weighted by atomic mass is 32.1. The lowest BCUT2D eigenvalue weighted by molar-refractivity contribution is 0.531. The van der Waals surface area contributed by atoms with Crippen molar-refractivity contribution in [3.63, 3.8) is 0 Å². The summed E-state index contributed by atoms with van der Waals surface area (Å²) in [6.45, 7) is 5.78. The van der Waals surface area contributed by atoms with Gasteiger partial charge in [-0.1, -0.05) is 56.3 Å². The molecule has 3 aromatic rings. The molecule has 3 rings (SSSR count). The Morgan fingerprint density at radius 3 is 1.41 bits per heavy atom. The Kier molecular flexibility index (Phi) is 9.01. The van der Waals surface area contributed by atoms with Gasteiger partial charge >= 0.3 is 0 Å². The molecule has 0 bridgehead atoms. The van der Waals surface area contributed by atoms with E-state index in [0.29, 0.717) is 10.3 Å². The van der Waals surface area contributed by atoms with E-state index in [1.807, 2.05) is 48.5 Å². The van der Waals surface area contributed by atoms with Gasteiger partial charge in [0.15, 0.2) is 0 Å². The van der Waals surface area contributed by atoms with E-state index in [0.717, 1.165) is 59.7 Å². The maximum Gasteiger partial charge on any atom is 0.262 e. The van der Waals surface area contributed by atoms with Crippen molar-refractivity contribution < 1.29 is 9.47 Å². The standard InChI is InChI=1S/C26H28N2O2S2/c1-3-16-27-25(31)29-23-12-8-19(9-13-23)21-6-5-7-22(18-21)20-10-14-24(15-11-20)30-26(32)28-17-4-2/h5-15,18H,3-4,16-17H2,1-2H3,(H,27,31)(H,28,32). The molecule has 0 unspecified atom stereocenters. The molecule has 0 saturated carbocycles. The normalized spacial score (nSPS) is 10.3. The molecule has 0 aliphatic carbocycles. The number of benzene rings is 3. The van der Waals surface area contributed by atoms with Crippen LogP contribution in [0, 0.1) is 0 Å². The third kappa shape index (κ3) is 7.04. The second-order valence-electron chi connectivity index (χ2n) is 7.26. The second-order valence-corrected chi connectivity index (χ2v) is 8.00. The average Bonchev–Trinajstić information content (AvgIpc) is 2.82. The Morgan fingerprint density at radius 1 is 0.625 bits per heavy atom. The van der Waals surface area contributed by atoms with Crippen molar-refractivity contribution >= 4 is 34.8 Å². The summed E-state index contributed by atoms with van der Waals surface area (Å²) in [5, 5.41) is 6.93. The van der Waals surface area contributed by atoms with Gasteiger partial charge < -0.3 is 20.1 Å². The first-order valence-corrected chi connectivity index (χ1v) is 11.6. The Morgan fingerprint density at radius 2 is 1.03 bits per heavy atom. The van der Waals surface area contributed by atoms with E-state index in [1.54, 1.807) is 0 Å². The monoisotopic (exact) mass is 464 g/mol. The molecular formula is C26H28N2O2S2. The molecule has 0 heterocycles. The highest BCUT2D eigenvalue weighted by molar-refractivity contribution is 7.80. The quantitative estimate of drug-likeness (QED) is 0.379. The molecule has 0 radical (unpaired) electrons. The number of ether oxygens (including phenoxy) is 2. The predicted molar refractivity (Wildman–Crippen MR) is 140 cm³/mol. The maximum absolute atomic E-state index is 5.66. The minimum atomic E-state index is 0.399. The minimum absolute atomic E-state index is 0.399. The van der Waals surface area contributed by atoms with E-state index in [1.165, 1.54) is 0 Å². The number of thiocarbonyl (C=S) groups is 2. The lowest BCUT2D eigenvalue weighted by Crippen LogP contribution is -2.26. The van der Waals surface area contributed by atoms with Gasteiger partial charge in [0.05, 0.1) is 0 Å². The first kappa shape index (κ1) is 23.7. The van der Waals surface area contributed by atoms with Gasteiger partial charge in [0.1, 0.15) is 11.5 Å². The average molecular weight is 465 g/mol. The van der Waals surface area contributed by atoms with Crippen LogP contribution in [0.2, 0.25) is 0 Å². The van der Waals surface area contributed by atoms with Crippen LogP contribution in [0.25, 0.3) is 22.3 Å². The number of rotatable bonds is 8. The molecule has 0 aliphatic rings. The number of hydrogen-bond donors (Lipinski definition) is 2. The third-order valence-corrected chi connectivity index (χ3v) is 5.15. The zero-order chi connectivity index (χ0) is 22.8. The van der Waals surface area contributed by atoms with Gasteiger partial charge in [-0.3, -0.25) is 0 Å². The van der Waals surface area contributed by atoms with Crippen molar-refractivity contribution in [3.05, 3.63) is 72.8 Å². The van der Waals surface area contributed by atoms with Gasteiger partial charge in [-0.15, -0.1) is 0 Å². The van der Waals surface area contributed by atoms with Gasteiger partial charge in [-0.05, 0) is 89.9 Å². The van der Waals surface area contributed by atoms with Gasteiger partial charge in [0.25, 0.3) is 10.3 Å². The van der Waals surface area contributed by atoms with E-state index in [2.05, 4.69) is 48.7 Å². The van der Waals surface area contributed by atoms with E-state index >= 15 is 0 Å². The van der Waals surface area contributed by atoms with Crippen LogP contribution in [0.15, 0.2) is 72.8 Å². The summed E-state index contributed by atoms with van der Waals surface area (Å²) in [6.07, 6.45) is 2.00. The Hall–Kier alpha value is -2.96. The first-order chi connectivity index (χ1) is 15.6. The van der Waals surface area contributed by atoms with Crippen LogP contribution in [0.4, 0.5) is 0 Å². The summed E-state index contributed by atoms with van der Waals surface area (Å²) in [4.78, 5) is 0. The molecule has 32 heavy (non-hydrogen) atoms. The zero-order valence-electron chi connectivity index (χ0n) is 18.4. The van der Waals surface area contributed by atoms with Crippen molar-refractivity contribution in [1.29, 1.82) is 0 Å². The molecular weight excluding hydrogens is 436 g/mol. The third-order valence-electron chi connectivity index (χ3n) is 4.70. The Labute approximate surface area is 201 Å². The molecule has 0 fully saturated rings. The second kappa shape index (κ2) is 12.2. The predicted octanol–water partition coefficient (Wildman–Crippen LogP) is 6.35. The molecule has 4 nitrogen and oxygen atoms in total. The van der Waals surface area contributed by atoms with Crippen LogP contribution in [-0.2, 0) is 0 Å². The fourth-order valence-corrected chi connectivity index (χ4v) is 3.45. The zero-order valence-corrected chi connectivity index (χ0v) is 20.0. The molecule has 0 atom stereocenters. The minimum Gasteiger partial charge on any atom is -0.432 e. The van der Waals surface area contributed by atoms with Crippen LogP contribution >= 0.6 is 24.4 Å². The van der Waals surface area contributed by atoms with E-state index < -0.39 is 0 Å². The maximum atomic E-state index is 5.66. The summed E-state index contributed by atoms with van der Waals surface area (Å²) in [5.74, 6) is 1.45. The summed E-state index contributed by atoms with van der Waals surface area (Å²) in [6, 6.07) is 24.3. The van der Waals surface area contributed by atoms with Gasteiger partial charge in [-0.2, -0.15) is 0 Å². The SMILES string of the molecule is CCCNC(=S)Oc1ccc(-c2cccc(-c3ccc(OC(=S)NCCC)cc3)c2)cc1. The van der Waals surface area contributed by atoms with Crippen LogP contribution in [0.5, 0.6) is 11.5 Å². The van der Waals surface area contributed by atoms with E-state index in [4.69, 9.17) is 33.9 Å². The molecule has 0 aliphatic heterocycles. The molecule has 0 saturated heterocycles. The molecule has 0 amide bonds. The molecule has 2 N–H and O–H groups in total. The smallest absolute Gasteiger partial charge is 0.262 e. The molecule has 0 spiro atoms. The van der Waals surface area contributed by atoms with Crippen molar-refractivity contribution in [2.45, 2.75) is 26.7 Å². The van der Waals surface area contributed by atoms with Crippen molar-refractivity contribution in [2.24, 2.45) is 0 Å². The van der Waals surface area contributed by atoms with Crippen molar-refractivity contribution in [1.82, 2.24) is 10.6 Å². The highest BCUT2D eigenvalue weighted by Crippen LogP contribution is 2.28. The van der Waals surface area contributed by atoms with Crippen molar-refractivity contribution in [3.8, 4) is 33.8 Å². The van der Waals surface area contributed by atoms with Gasteiger partial charge in [-0.25, -0.2) is 0 Å². The van der Waals surface area contributed by atoms with Gasteiger partial charge in [0.2, 0.25) is 0 Å². The van der Waals surface area contributed by atoms with Crippen molar-refractivity contribution in [2.75, 3.05) is 13.1 Å². The van der Waals surface area contributed by atoms with Crippen LogP contribution in [0.1, 0.15) is 26.7 Å². The van der Waals surface area contributed by atoms with E-state index in [-0.39, 0.29) is 0 Å². The molecule has 3 aromatic carbocycles. The summed E-state index contributed by atoms with van der Waals surface area (Å²) < 4.78 is 11.3. The Bertz CT molecular complexity index is 954. The molecule has 0 aromatic heterocycles. The lowest BCUT2D eigenvalue weighted by atomic mass is 9.99. The molecule has 166 valence electrons. The van der Waals surface area contributed by atoms with E-state index in [9.17, 15) is 0 Å².